The van der Waals surface area contributed by atoms with Crippen LogP contribution in [-0.2, 0) is 16.1 Å². The van der Waals surface area contributed by atoms with Gasteiger partial charge in [0.2, 0.25) is 11.8 Å². The number of hydrogen-bond donors (Lipinski definition) is 0. The zero-order valence-corrected chi connectivity index (χ0v) is 12.8. The molecule has 1 aromatic heterocycles. The molecule has 0 aromatic carbocycles. The number of piperazine rings is 1. The molecule has 5 heteroatoms. The Morgan fingerprint density at radius 2 is 2.10 bits per heavy atom. The van der Waals surface area contributed by atoms with E-state index in [4.69, 9.17) is 0 Å². The van der Waals surface area contributed by atoms with Crippen molar-refractivity contribution in [2.24, 2.45) is 0 Å². The first kappa shape index (κ1) is 13.6. The molecule has 0 saturated carbocycles. The number of amides is 2. The average Bonchev–Trinajstić information content (AvgIpc) is 2.86. The van der Waals surface area contributed by atoms with Gasteiger partial charge in [0.05, 0.1) is 6.54 Å². The maximum absolute atomic E-state index is 12.7. The normalized spacial score (nSPS) is 26.9. The first-order valence-electron chi connectivity index (χ1n) is 7.23. The highest BCUT2D eigenvalue weighted by Gasteiger charge is 2.44. The number of thiophene rings is 1. The van der Waals surface area contributed by atoms with Crippen LogP contribution >= 0.6 is 11.3 Å². The first-order chi connectivity index (χ1) is 9.59. The van der Waals surface area contributed by atoms with Crippen molar-refractivity contribution in [1.82, 2.24) is 9.80 Å². The number of rotatable bonds is 2. The summed E-state index contributed by atoms with van der Waals surface area (Å²) in [5, 5.41) is 2.04. The SMILES string of the molecule is Cc1ccsc1CN1C(=O)C2CCCCN2C(=O)C1C. The quantitative estimate of drug-likeness (QED) is 0.838. The van der Waals surface area contributed by atoms with Gasteiger partial charge >= 0.3 is 0 Å². The van der Waals surface area contributed by atoms with Crippen LogP contribution in [0.15, 0.2) is 11.4 Å². The predicted molar refractivity (Wildman–Crippen MR) is 78.4 cm³/mol. The molecule has 0 radical (unpaired) electrons. The molecule has 2 aliphatic rings. The maximum atomic E-state index is 12.7. The average molecular weight is 292 g/mol. The molecule has 0 spiro atoms. The van der Waals surface area contributed by atoms with Gasteiger partial charge in [-0.1, -0.05) is 0 Å². The standard InChI is InChI=1S/C15H20N2O2S/c1-10-6-8-20-13(10)9-17-11(2)14(18)16-7-4-3-5-12(16)15(17)19/h6,8,11-12H,3-5,7,9H2,1-2H3. The van der Waals surface area contributed by atoms with Gasteiger partial charge in [0.1, 0.15) is 12.1 Å². The molecule has 3 heterocycles. The minimum atomic E-state index is -0.335. The first-order valence-corrected chi connectivity index (χ1v) is 8.11. The third-order valence-electron chi connectivity index (χ3n) is 4.46. The Morgan fingerprint density at radius 3 is 2.80 bits per heavy atom. The molecular weight excluding hydrogens is 272 g/mol. The topological polar surface area (TPSA) is 40.6 Å². The van der Waals surface area contributed by atoms with Crippen LogP contribution in [0.25, 0.3) is 0 Å². The van der Waals surface area contributed by atoms with E-state index in [1.54, 1.807) is 21.1 Å². The molecule has 20 heavy (non-hydrogen) atoms. The molecule has 2 amide bonds. The fourth-order valence-electron chi connectivity index (χ4n) is 3.14. The second kappa shape index (κ2) is 5.20. The summed E-state index contributed by atoms with van der Waals surface area (Å²) in [4.78, 5) is 29.9. The number of piperidine rings is 1. The van der Waals surface area contributed by atoms with Crippen LogP contribution in [0, 0.1) is 6.92 Å². The van der Waals surface area contributed by atoms with Crippen molar-refractivity contribution in [1.29, 1.82) is 0 Å². The molecule has 2 saturated heterocycles. The van der Waals surface area contributed by atoms with E-state index in [1.165, 1.54) is 10.4 Å². The number of carbonyl (C=O) groups is 2. The summed E-state index contributed by atoms with van der Waals surface area (Å²) in [6.45, 7) is 5.22. The van der Waals surface area contributed by atoms with Gasteiger partial charge in [-0.3, -0.25) is 9.59 Å². The number of nitrogens with zero attached hydrogens (tertiary/aromatic N) is 2. The maximum Gasteiger partial charge on any atom is 0.246 e. The lowest BCUT2D eigenvalue weighted by molar-refractivity contribution is -0.163. The third kappa shape index (κ3) is 2.14. The summed E-state index contributed by atoms with van der Waals surface area (Å²) in [5.74, 6) is 0.244. The molecule has 4 nitrogen and oxygen atoms in total. The summed E-state index contributed by atoms with van der Waals surface area (Å²) in [5.41, 5.74) is 1.20. The largest absolute Gasteiger partial charge is 0.329 e. The van der Waals surface area contributed by atoms with Crippen molar-refractivity contribution in [3.05, 3.63) is 21.9 Å². The lowest BCUT2D eigenvalue weighted by Crippen LogP contribution is -2.64. The van der Waals surface area contributed by atoms with Gasteiger partial charge < -0.3 is 9.80 Å². The molecule has 2 unspecified atom stereocenters. The van der Waals surface area contributed by atoms with Gasteiger partial charge in [0, 0.05) is 11.4 Å². The van der Waals surface area contributed by atoms with Crippen LogP contribution in [0.2, 0.25) is 0 Å². The van der Waals surface area contributed by atoms with Crippen molar-refractivity contribution in [3.8, 4) is 0 Å². The number of fused-ring (bicyclic) bond motifs is 1. The summed E-state index contributed by atoms with van der Waals surface area (Å²) in [6.07, 6.45) is 2.88. The zero-order valence-electron chi connectivity index (χ0n) is 12.0. The fourth-order valence-corrected chi connectivity index (χ4v) is 4.05. The molecule has 1 aromatic rings. The van der Waals surface area contributed by atoms with Gasteiger partial charge in [-0.2, -0.15) is 0 Å². The summed E-state index contributed by atoms with van der Waals surface area (Å²) < 4.78 is 0. The Balaban J connectivity index is 1.85. The van der Waals surface area contributed by atoms with Gasteiger partial charge in [0.25, 0.3) is 0 Å². The predicted octanol–water partition coefficient (Wildman–Crippen LogP) is 2.17. The monoisotopic (exact) mass is 292 g/mol. The zero-order chi connectivity index (χ0) is 14.3. The lowest BCUT2D eigenvalue weighted by atomic mass is 9.95. The van der Waals surface area contributed by atoms with Crippen LogP contribution in [0.3, 0.4) is 0 Å². The Morgan fingerprint density at radius 1 is 1.30 bits per heavy atom. The van der Waals surface area contributed by atoms with Crippen LogP contribution in [-0.4, -0.2) is 40.2 Å². The van der Waals surface area contributed by atoms with Crippen molar-refractivity contribution in [3.63, 3.8) is 0 Å². The van der Waals surface area contributed by atoms with Gasteiger partial charge in [-0.15, -0.1) is 11.3 Å². The molecule has 2 fully saturated rings. The number of carbonyl (C=O) groups excluding carboxylic acids is 2. The highest BCUT2D eigenvalue weighted by atomic mass is 32.1. The molecule has 2 atom stereocenters. The van der Waals surface area contributed by atoms with E-state index in [-0.39, 0.29) is 23.9 Å². The molecule has 0 aliphatic carbocycles. The Kier molecular flexibility index (Phi) is 3.54. The molecule has 0 bridgehead atoms. The van der Waals surface area contributed by atoms with E-state index in [0.717, 1.165) is 25.8 Å². The van der Waals surface area contributed by atoms with E-state index in [1.807, 2.05) is 12.3 Å². The molecule has 108 valence electrons. The second-order valence-corrected chi connectivity index (χ2v) is 6.71. The van der Waals surface area contributed by atoms with Crippen molar-refractivity contribution in [2.75, 3.05) is 6.54 Å². The van der Waals surface area contributed by atoms with Gasteiger partial charge in [-0.05, 0) is 50.1 Å². The van der Waals surface area contributed by atoms with Crippen molar-refractivity contribution < 1.29 is 9.59 Å². The highest BCUT2D eigenvalue weighted by Crippen LogP contribution is 2.28. The van der Waals surface area contributed by atoms with Gasteiger partial charge in [0.15, 0.2) is 0 Å². The Labute approximate surface area is 123 Å². The molecule has 0 N–H and O–H groups in total. The fraction of sp³-hybridized carbons (Fsp3) is 0.600. The van der Waals surface area contributed by atoms with Gasteiger partial charge in [-0.25, -0.2) is 0 Å². The molecular formula is C15H20N2O2S. The number of aryl methyl sites for hydroxylation is 1. The van der Waals surface area contributed by atoms with E-state index in [9.17, 15) is 9.59 Å². The summed E-state index contributed by atoms with van der Waals surface area (Å²) >= 11 is 1.66. The van der Waals surface area contributed by atoms with E-state index in [2.05, 4.69) is 13.0 Å². The molecule has 3 rings (SSSR count). The Hall–Kier alpha value is -1.36. The summed E-state index contributed by atoms with van der Waals surface area (Å²) in [7, 11) is 0. The van der Waals surface area contributed by atoms with Crippen LogP contribution in [0.4, 0.5) is 0 Å². The minimum absolute atomic E-state index is 0.114. The Bertz CT molecular complexity index is 540. The lowest BCUT2D eigenvalue weighted by Gasteiger charge is -2.46. The second-order valence-electron chi connectivity index (χ2n) is 5.71. The van der Waals surface area contributed by atoms with Crippen LogP contribution in [0.1, 0.15) is 36.6 Å². The van der Waals surface area contributed by atoms with E-state index >= 15 is 0 Å². The number of hydrogen-bond acceptors (Lipinski definition) is 3. The highest BCUT2D eigenvalue weighted by molar-refractivity contribution is 7.10. The van der Waals surface area contributed by atoms with Crippen LogP contribution < -0.4 is 0 Å². The van der Waals surface area contributed by atoms with E-state index < -0.39 is 0 Å². The smallest absolute Gasteiger partial charge is 0.246 e. The third-order valence-corrected chi connectivity index (χ3v) is 5.47. The minimum Gasteiger partial charge on any atom is -0.329 e. The van der Waals surface area contributed by atoms with Crippen molar-refractivity contribution >= 4 is 23.2 Å². The molecule has 2 aliphatic heterocycles. The summed E-state index contributed by atoms with van der Waals surface area (Å²) in [6, 6.07) is 1.51. The van der Waals surface area contributed by atoms with Crippen molar-refractivity contribution in [2.45, 2.75) is 51.7 Å². The van der Waals surface area contributed by atoms with Crippen LogP contribution in [0.5, 0.6) is 0 Å². The van der Waals surface area contributed by atoms with E-state index in [0.29, 0.717) is 6.54 Å².